The molecule has 2 aromatic heterocycles. The molecule has 8 nitrogen and oxygen atoms in total. The van der Waals surface area contributed by atoms with Gasteiger partial charge in [-0.3, -0.25) is 9.59 Å². The smallest absolute Gasteiger partial charge is 0.339 e. The van der Waals surface area contributed by atoms with E-state index in [-0.39, 0.29) is 23.4 Å². The van der Waals surface area contributed by atoms with Gasteiger partial charge in [0.2, 0.25) is 0 Å². The molecule has 0 aromatic carbocycles. The normalized spacial score (nSPS) is 10.6. The van der Waals surface area contributed by atoms with E-state index in [9.17, 15) is 14.4 Å². The number of aromatic carboxylic acids is 1. The molecule has 0 atom stereocenters. The number of hydrogen-bond acceptors (Lipinski definition) is 5. The minimum atomic E-state index is -1.09. The summed E-state index contributed by atoms with van der Waals surface area (Å²) in [5.74, 6) is -0.985. The van der Waals surface area contributed by atoms with Crippen LogP contribution in [0.1, 0.15) is 43.5 Å². The van der Waals surface area contributed by atoms with Crippen LogP contribution >= 0.6 is 0 Å². The van der Waals surface area contributed by atoms with Gasteiger partial charge >= 0.3 is 5.97 Å². The second kappa shape index (κ2) is 6.07. The number of amides is 1. The van der Waals surface area contributed by atoms with Gasteiger partial charge in [0.1, 0.15) is 22.6 Å². The van der Waals surface area contributed by atoms with Gasteiger partial charge in [0.05, 0.1) is 12.2 Å². The van der Waals surface area contributed by atoms with Gasteiger partial charge in [-0.15, -0.1) is 0 Å². The second-order valence-corrected chi connectivity index (χ2v) is 5.29. The Morgan fingerprint density at radius 1 is 1.35 bits per heavy atom. The Balaban J connectivity index is 2.28. The van der Waals surface area contributed by atoms with Crippen LogP contribution in [0.4, 0.5) is 0 Å². The van der Waals surface area contributed by atoms with E-state index in [0.29, 0.717) is 17.0 Å². The first-order chi connectivity index (χ1) is 10.7. The van der Waals surface area contributed by atoms with Crippen LogP contribution in [0, 0.1) is 20.8 Å². The molecule has 1 amide bonds. The van der Waals surface area contributed by atoms with Crippen molar-refractivity contribution < 1.29 is 19.1 Å². The zero-order chi connectivity index (χ0) is 17.3. The lowest BCUT2D eigenvalue weighted by Gasteiger charge is -2.16. The van der Waals surface area contributed by atoms with E-state index in [1.165, 1.54) is 24.9 Å². The molecule has 2 N–H and O–H groups in total. The van der Waals surface area contributed by atoms with Gasteiger partial charge in [0.25, 0.3) is 11.5 Å². The molecule has 2 aromatic rings. The van der Waals surface area contributed by atoms with Crippen LogP contribution in [0.15, 0.2) is 15.3 Å². The zero-order valence-electron chi connectivity index (χ0n) is 13.3. The van der Waals surface area contributed by atoms with E-state index in [2.05, 4.69) is 10.2 Å². The van der Waals surface area contributed by atoms with Gasteiger partial charge in [-0.25, -0.2) is 9.89 Å². The lowest BCUT2D eigenvalue weighted by molar-refractivity contribution is 0.0694. The molecule has 0 aliphatic rings. The molecule has 0 fully saturated rings. The average molecular weight is 319 g/mol. The fourth-order valence-electron chi connectivity index (χ4n) is 2.21. The number of aromatic nitrogens is 2. The highest BCUT2D eigenvalue weighted by molar-refractivity contribution is 5.95. The quantitative estimate of drug-likeness (QED) is 0.876. The summed E-state index contributed by atoms with van der Waals surface area (Å²) >= 11 is 0. The van der Waals surface area contributed by atoms with Crippen LogP contribution in [0.5, 0.6) is 0 Å². The number of H-pyrrole nitrogens is 1. The fourth-order valence-corrected chi connectivity index (χ4v) is 2.21. The first-order valence-corrected chi connectivity index (χ1v) is 6.86. The van der Waals surface area contributed by atoms with E-state index >= 15 is 0 Å². The maximum absolute atomic E-state index is 12.5. The fraction of sp³-hybridized carbons (Fsp3) is 0.333. The van der Waals surface area contributed by atoms with Crippen molar-refractivity contribution in [2.75, 3.05) is 7.05 Å². The third-order valence-corrected chi connectivity index (χ3v) is 3.62. The third-order valence-electron chi connectivity index (χ3n) is 3.62. The molecule has 0 spiro atoms. The molecule has 2 heterocycles. The van der Waals surface area contributed by atoms with Gasteiger partial charge in [0, 0.05) is 7.05 Å². The summed E-state index contributed by atoms with van der Waals surface area (Å²) in [5.41, 5.74) is 0.568. The van der Waals surface area contributed by atoms with Crippen molar-refractivity contribution in [1.29, 1.82) is 0 Å². The summed E-state index contributed by atoms with van der Waals surface area (Å²) in [6.45, 7) is 4.93. The van der Waals surface area contributed by atoms with Crippen LogP contribution in [0.2, 0.25) is 0 Å². The Kier molecular flexibility index (Phi) is 4.35. The molecule has 8 heteroatoms. The van der Waals surface area contributed by atoms with E-state index in [1.807, 2.05) is 0 Å². The third kappa shape index (κ3) is 3.15. The average Bonchev–Trinajstić information content (AvgIpc) is 2.84. The van der Waals surface area contributed by atoms with E-state index in [1.54, 1.807) is 13.8 Å². The minimum absolute atomic E-state index is 0.0155. The number of rotatable bonds is 4. The molecule has 122 valence electrons. The van der Waals surface area contributed by atoms with Crippen molar-refractivity contribution in [3.8, 4) is 0 Å². The number of aromatic amines is 1. The van der Waals surface area contributed by atoms with Crippen molar-refractivity contribution in [1.82, 2.24) is 15.1 Å². The molecular formula is C15H17N3O5. The van der Waals surface area contributed by atoms with E-state index in [4.69, 9.17) is 9.52 Å². The maximum atomic E-state index is 12.5. The first kappa shape index (κ1) is 16.5. The highest BCUT2D eigenvalue weighted by atomic mass is 16.4. The number of carboxylic acid groups (broad SMARTS) is 1. The van der Waals surface area contributed by atoms with E-state index in [0.717, 1.165) is 0 Å². The summed E-state index contributed by atoms with van der Waals surface area (Å²) in [4.78, 5) is 36.7. The molecule has 0 saturated heterocycles. The summed E-state index contributed by atoms with van der Waals surface area (Å²) in [6.07, 6.45) is 0. The Hall–Kier alpha value is -2.90. The molecular weight excluding hydrogens is 302 g/mol. The highest BCUT2D eigenvalue weighted by Gasteiger charge is 2.22. The largest absolute Gasteiger partial charge is 0.478 e. The predicted octanol–water partition coefficient (Wildman–Crippen LogP) is 1.26. The number of nitrogens with one attached hydrogen (secondary N) is 1. The Morgan fingerprint density at radius 2 is 2.00 bits per heavy atom. The van der Waals surface area contributed by atoms with Crippen LogP contribution in [0.3, 0.4) is 0 Å². The number of carbonyl (C=O) groups excluding carboxylic acids is 1. The number of aryl methyl sites for hydroxylation is 2. The molecule has 0 aliphatic heterocycles. The van der Waals surface area contributed by atoms with Gasteiger partial charge in [-0.2, -0.15) is 5.10 Å². The van der Waals surface area contributed by atoms with Crippen LogP contribution in [0.25, 0.3) is 0 Å². The standard InChI is InChI=1S/C15H17N3O5/c1-7-8(2)16-17-13(19)12(7)14(20)18(4)6-10-5-11(15(21)22)9(3)23-10/h5H,6H2,1-4H3,(H,17,19)(H,21,22). The summed E-state index contributed by atoms with van der Waals surface area (Å²) in [7, 11) is 1.51. The van der Waals surface area contributed by atoms with Crippen molar-refractivity contribution in [2.45, 2.75) is 27.3 Å². The number of hydrogen-bond donors (Lipinski definition) is 2. The van der Waals surface area contributed by atoms with Gasteiger partial charge in [-0.05, 0) is 32.4 Å². The Bertz CT molecular complexity index is 834. The predicted molar refractivity (Wildman–Crippen MR) is 80.5 cm³/mol. The SMILES string of the molecule is Cc1n[nH]c(=O)c(C(=O)N(C)Cc2cc(C(=O)O)c(C)o2)c1C. The van der Waals surface area contributed by atoms with Crippen molar-refractivity contribution in [2.24, 2.45) is 0 Å². The number of furan rings is 1. The Labute approximate surface area is 131 Å². The molecule has 0 aliphatic carbocycles. The molecule has 0 saturated carbocycles. The van der Waals surface area contributed by atoms with Gasteiger partial charge in [-0.1, -0.05) is 0 Å². The van der Waals surface area contributed by atoms with Crippen LogP contribution in [-0.2, 0) is 6.54 Å². The molecule has 23 heavy (non-hydrogen) atoms. The topological polar surface area (TPSA) is 116 Å². The van der Waals surface area contributed by atoms with Gasteiger partial charge in [0.15, 0.2) is 0 Å². The molecule has 0 unspecified atom stereocenters. The number of carbonyl (C=O) groups is 2. The maximum Gasteiger partial charge on any atom is 0.339 e. The molecule has 2 rings (SSSR count). The van der Waals surface area contributed by atoms with Gasteiger partial charge < -0.3 is 14.4 Å². The zero-order valence-corrected chi connectivity index (χ0v) is 13.3. The monoisotopic (exact) mass is 319 g/mol. The summed E-state index contributed by atoms with van der Waals surface area (Å²) in [6, 6.07) is 1.37. The lowest BCUT2D eigenvalue weighted by Crippen LogP contribution is -2.33. The minimum Gasteiger partial charge on any atom is -0.478 e. The van der Waals surface area contributed by atoms with Crippen molar-refractivity contribution in [3.05, 3.63) is 50.3 Å². The van der Waals surface area contributed by atoms with Crippen LogP contribution in [-0.4, -0.2) is 39.1 Å². The lowest BCUT2D eigenvalue weighted by atomic mass is 10.1. The first-order valence-electron chi connectivity index (χ1n) is 6.86. The Morgan fingerprint density at radius 3 is 2.57 bits per heavy atom. The van der Waals surface area contributed by atoms with E-state index < -0.39 is 17.4 Å². The highest BCUT2D eigenvalue weighted by Crippen LogP contribution is 2.17. The van der Waals surface area contributed by atoms with Crippen LogP contribution < -0.4 is 5.56 Å². The number of carboxylic acids is 1. The van der Waals surface area contributed by atoms with Crippen molar-refractivity contribution in [3.63, 3.8) is 0 Å². The molecule has 0 bridgehead atoms. The second-order valence-electron chi connectivity index (χ2n) is 5.29. The molecule has 0 radical (unpaired) electrons. The summed E-state index contributed by atoms with van der Waals surface area (Å²) in [5, 5.41) is 15.1. The number of nitrogens with zero attached hydrogens (tertiary/aromatic N) is 2. The summed E-state index contributed by atoms with van der Waals surface area (Å²) < 4.78 is 5.34. The van der Waals surface area contributed by atoms with Crippen molar-refractivity contribution >= 4 is 11.9 Å².